The first kappa shape index (κ1) is 24.2. The molecule has 2 aliphatic heterocycles. The zero-order chi connectivity index (χ0) is 25.5. The molecule has 198 valence electrons. The second-order valence-corrected chi connectivity index (χ2v) is 9.71. The summed E-state index contributed by atoms with van der Waals surface area (Å²) in [5.74, 6) is 0.635. The van der Waals surface area contributed by atoms with Crippen LogP contribution in [0.2, 0.25) is 0 Å². The first-order valence-electron chi connectivity index (χ1n) is 12.5. The van der Waals surface area contributed by atoms with Crippen LogP contribution in [0.3, 0.4) is 0 Å². The molecule has 1 N–H and O–H groups in total. The first-order chi connectivity index (χ1) is 18.1. The van der Waals surface area contributed by atoms with E-state index in [9.17, 15) is 13.2 Å². The maximum atomic E-state index is 15.0. The van der Waals surface area contributed by atoms with Gasteiger partial charge in [-0.1, -0.05) is 5.21 Å². The second-order valence-electron chi connectivity index (χ2n) is 9.71. The fourth-order valence-electron chi connectivity index (χ4n) is 5.28. The lowest BCUT2D eigenvalue weighted by molar-refractivity contribution is -0.0794. The van der Waals surface area contributed by atoms with E-state index in [0.717, 1.165) is 17.7 Å². The van der Waals surface area contributed by atoms with Gasteiger partial charge in [0.1, 0.15) is 31.1 Å². The SMILES string of the molecule is COc1nc(N[C@H]2CCN(C3COC3)C[C@H]2F)nn2ccc(C3=Cc4c(nnn4C(CF)CF)CC3)c12. The molecule has 2 saturated heterocycles. The quantitative estimate of drug-likeness (QED) is 0.486. The molecule has 3 aromatic heterocycles. The van der Waals surface area contributed by atoms with Crippen molar-refractivity contribution in [1.82, 2.24) is 34.5 Å². The van der Waals surface area contributed by atoms with E-state index in [1.165, 1.54) is 11.8 Å². The topological polar surface area (TPSA) is 94.6 Å². The number of nitrogens with zero attached hydrogens (tertiary/aromatic N) is 7. The fourth-order valence-corrected chi connectivity index (χ4v) is 5.28. The third-order valence-corrected chi connectivity index (χ3v) is 7.49. The van der Waals surface area contributed by atoms with Crippen molar-refractivity contribution < 1.29 is 22.6 Å². The lowest BCUT2D eigenvalue weighted by Gasteiger charge is -2.42. The lowest BCUT2D eigenvalue weighted by Crippen LogP contribution is -2.57. The molecule has 5 heterocycles. The second kappa shape index (κ2) is 9.93. The highest BCUT2D eigenvalue weighted by Gasteiger charge is 2.36. The standard InChI is InChI=1S/C24H29F3N8O2/c1-36-23-22-17(14-2-3-20-21(8-14)35(32-30-20)15(9-25)10-26)4-7-34(22)31-24(29-23)28-19-5-6-33(11-18(19)27)16-12-37-13-16/h4,7-8,15-16,18-19H,2-3,5-6,9-13H2,1H3,(H,28,31)/t18-,19+/m1/s1. The third-order valence-electron chi connectivity index (χ3n) is 7.49. The molecular formula is C24H29F3N8O2. The van der Waals surface area contributed by atoms with Gasteiger partial charge in [-0.05, 0) is 37.0 Å². The third kappa shape index (κ3) is 4.33. The Hall–Kier alpha value is -3.19. The molecule has 0 amide bonds. The molecule has 2 atom stereocenters. The Balaban J connectivity index is 1.27. The number of likely N-dealkylation sites (tertiary alicyclic amines) is 1. The number of allylic oxidation sites excluding steroid dienone is 1. The van der Waals surface area contributed by atoms with E-state index >= 15 is 0 Å². The van der Waals surface area contributed by atoms with E-state index in [1.54, 1.807) is 10.7 Å². The molecule has 3 aliphatic rings. The minimum Gasteiger partial charge on any atom is -0.479 e. The van der Waals surface area contributed by atoms with Crippen LogP contribution in [0.1, 0.15) is 35.8 Å². The van der Waals surface area contributed by atoms with Gasteiger partial charge in [-0.2, -0.15) is 4.98 Å². The highest BCUT2D eigenvalue weighted by Crippen LogP contribution is 2.36. The van der Waals surface area contributed by atoms with Crippen LogP contribution in [-0.4, -0.2) is 99.5 Å². The molecule has 0 saturated carbocycles. The molecule has 2 fully saturated rings. The monoisotopic (exact) mass is 518 g/mol. The van der Waals surface area contributed by atoms with Gasteiger partial charge in [0.15, 0.2) is 0 Å². The van der Waals surface area contributed by atoms with E-state index in [-0.39, 0.29) is 5.95 Å². The highest BCUT2D eigenvalue weighted by molar-refractivity contribution is 5.91. The number of nitrogens with one attached hydrogen (secondary N) is 1. The van der Waals surface area contributed by atoms with Crippen LogP contribution < -0.4 is 10.1 Å². The zero-order valence-corrected chi connectivity index (χ0v) is 20.5. The number of anilines is 1. The average Bonchev–Trinajstić information content (AvgIpc) is 3.49. The Morgan fingerprint density at radius 2 is 2.08 bits per heavy atom. The number of hydrogen-bond donors (Lipinski definition) is 1. The maximum absolute atomic E-state index is 15.0. The van der Waals surface area contributed by atoms with Gasteiger partial charge in [-0.3, -0.25) is 4.90 Å². The van der Waals surface area contributed by atoms with Crippen LogP contribution in [0.15, 0.2) is 12.3 Å². The summed E-state index contributed by atoms with van der Waals surface area (Å²) in [6, 6.07) is 0.808. The lowest BCUT2D eigenvalue weighted by atomic mass is 9.94. The van der Waals surface area contributed by atoms with Crippen molar-refractivity contribution in [2.45, 2.75) is 43.6 Å². The zero-order valence-electron chi connectivity index (χ0n) is 20.5. The summed E-state index contributed by atoms with van der Waals surface area (Å²) < 4.78 is 55.5. The minimum absolute atomic E-state index is 0.287. The van der Waals surface area contributed by atoms with Crippen LogP contribution >= 0.6 is 0 Å². The van der Waals surface area contributed by atoms with Gasteiger partial charge in [0.05, 0.1) is 43.8 Å². The van der Waals surface area contributed by atoms with Gasteiger partial charge < -0.3 is 14.8 Å². The van der Waals surface area contributed by atoms with Gasteiger partial charge in [-0.15, -0.1) is 10.2 Å². The number of rotatable bonds is 8. The smallest absolute Gasteiger partial charge is 0.244 e. The van der Waals surface area contributed by atoms with Crippen LogP contribution in [0, 0.1) is 0 Å². The first-order valence-corrected chi connectivity index (χ1v) is 12.5. The van der Waals surface area contributed by atoms with Gasteiger partial charge >= 0.3 is 0 Å². The summed E-state index contributed by atoms with van der Waals surface area (Å²) in [6.45, 7) is 0.741. The number of fused-ring (bicyclic) bond motifs is 2. The summed E-state index contributed by atoms with van der Waals surface area (Å²) >= 11 is 0. The Morgan fingerprint density at radius 3 is 2.78 bits per heavy atom. The predicted molar refractivity (Wildman–Crippen MR) is 130 cm³/mol. The van der Waals surface area contributed by atoms with Crippen molar-refractivity contribution in [3.05, 3.63) is 29.2 Å². The largest absolute Gasteiger partial charge is 0.479 e. The Morgan fingerprint density at radius 1 is 1.24 bits per heavy atom. The molecule has 37 heavy (non-hydrogen) atoms. The van der Waals surface area contributed by atoms with Crippen LogP contribution in [0.25, 0.3) is 17.2 Å². The molecule has 13 heteroatoms. The molecule has 0 bridgehead atoms. The van der Waals surface area contributed by atoms with Crippen LogP contribution in [0.4, 0.5) is 19.1 Å². The van der Waals surface area contributed by atoms with Crippen molar-refractivity contribution in [3.8, 4) is 5.88 Å². The number of aromatic nitrogens is 6. The predicted octanol–water partition coefficient (Wildman–Crippen LogP) is 2.52. The van der Waals surface area contributed by atoms with Gasteiger partial charge in [-0.25, -0.2) is 22.4 Å². The van der Waals surface area contributed by atoms with Crippen LogP contribution in [-0.2, 0) is 11.2 Å². The Kier molecular flexibility index (Phi) is 6.49. The van der Waals surface area contributed by atoms with Crippen molar-refractivity contribution in [2.24, 2.45) is 0 Å². The van der Waals surface area contributed by atoms with E-state index in [2.05, 4.69) is 30.6 Å². The molecule has 0 aromatic carbocycles. The van der Waals surface area contributed by atoms with Crippen molar-refractivity contribution >= 4 is 23.1 Å². The van der Waals surface area contributed by atoms with E-state index in [0.29, 0.717) is 67.8 Å². The highest BCUT2D eigenvalue weighted by atomic mass is 19.1. The summed E-state index contributed by atoms with van der Waals surface area (Å²) in [7, 11) is 1.53. The van der Waals surface area contributed by atoms with Crippen molar-refractivity contribution in [1.29, 1.82) is 0 Å². The molecule has 0 unspecified atom stereocenters. The Labute approximate surface area is 211 Å². The minimum atomic E-state index is -1.06. The molecule has 1 aliphatic carbocycles. The van der Waals surface area contributed by atoms with Gasteiger partial charge in [0.25, 0.3) is 0 Å². The summed E-state index contributed by atoms with van der Waals surface area (Å²) in [4.78, 5) is 6.68. The summed E-state index contributed by atoms with van der Waals surface area (Å²) in [5, 5.41) is 15.8. The summed E-state index contributed by atoms with van der Waals surface area (Å²) in [6.07, 6.45) is 4.50. The number of halogens is 3. The van der Waals surface area contributed by atoms with Crippen molar-refractivity contribution in [3.63, 3.8) is 0 Å². The molecule has 0 spiro atoms. The molecule has 10 nitrogen and oxygen atoms in total. The number of ether oxygens (including phenoxy) is 2. The maximum Gasteiger partial charge on any atom is 0.244 e. The van der Waals surface area contributed by atoms with E-state index < -0.39 is 31.6 Å². The van der Waals surface area contributed by atoms with Crippen LogP contribution in [0.5, 0.6) is 5.88 Å². The number of aryl methyl sites for hydroxylation is 1. The average molecular weight is 519 g/mol. The molecule has 3 aromatic rings. The number of alkyl halides is 3. The van der Waals surface area contributed by atoms with Crippen molar-refractivity contribution in [2.75, 3.05) is 52.1 Å². The molecule has 0 radical (unpaired) electrons. The fraction of sp³-hybridized carbons (Fsp3) is 0.583. The molecule has 6 rings (SSSR count). The van der Waals surface area contributed by atoms with Gasteiger partial charge in [0, 0.05) is 24.8 Å². The summed E-state index contributed by atoms with van der Waals surface area (Å²) in [5.41, 5.74) is 3.76. The Bertz CT molecular complexity index is 1300. The van der Waals surface area contributed by atoms with E-state index in [4.69, 9.17) is 9.47 Å². The number of methoxy groups -OCH3 is 1. The molecular weight excluding hydrogens is 489 g/mol. The number of piperidine rings is 1. The van der Waals surface area contributed by atoms with E-state index in [1.807, 2.05) is 12.1 Å². The van der Waals surface area contributed by atoms with Gasteiger partial charge in [0.2, 0.25) is 11.8 Å². The normalized spacial score (nSPS) is 22.7. The number of hydrogen-bond acceptors (Lipinski definition) is 8.